The van der Waals surface area contributed by atoms with Crippen LogP contribution in [-0.2, 0) is 9.59 Å². The van der Waals surface area contributed by atoms with Crippen LogP contribution in [0.2, 0.25) is 0 Å². The number of aryl methyl sites for hydroxylation is 2. The zero-order valence-corrected chi connectivity index (χ0v) is 22.4. The number of carbonyl (C=O) groups is 2. The first-order valence-corrected chi connectivity index (χ1v) is 12.6. The van der Waals surface area contributed by atoms with Crippen molar-refractivity contribution in [2.45, 2.75) is 19.9 Å². The lowest BCUT2D eigenvalue weighted by atomic mass is 9.95. The third-order valence-electron chi connectivity index (χ3n) is 6.56. The van der Waals surface area contributed by atoms with Gasteiger partial charge in [0.15, 0.2) is 16.6 Å². The number of aromatic nitrogens is 1. The quantitative estimate of drug-likeness (QED) is 0.198. The van der Waals surface area contributed by atoms with Crippen LogP contribution in [0.1, 0.15) is 28.3 Å². The Hall–Kier alpha value is -4.37. The lowest BCUT2D eigenvalue weighted by molar-refractivity contribution is -0.132. The molecule has 9 heteroatoms. The van der Waals surface area contributed by atoms with E-state index in [1.807, 2.05) is 26.0 Å². The number of aliphatic hydroxyl groups is 1. The fourth-order valence-electron chi connectivity index (χ4n) is 4.73. The van der Waals surface area contributed by atoms with Gasteiger partial charge in [-0.1, -0.05) is 23.5 Å². The molecule has 1 amide bonds. The van der Waals surface area contributed by atoms with E-state index >= 15 is 0 Å². The van der Waals surface area contributed by atoms with Crippen molar-refractivity contribution in [2.24, 2.45) is 0 Å². The standard InChI is InChI=1S/C29H26N2O6S/c1-15-12-16(2)24-22(13-15)38-29(30-24)31-25(18-8-11-20(36-4)21(14-18)37-5)23(27(33)28(31)34)26(32)17-6-9-19(35-3)10-7-17/h6-14,25,32H,1-5H3/b26-23+. The molecule has 0 radical (unpaired) electrons. The molecule has 1 N–H and O–H groups in total. The molecule has 1 unspecified atom stereocenters. The van der Waals surface area contributed by atoms with Gasteiger partial charge in [-0.25, -0.2) is 4.98 Å². The number of carbonyl (C=O) groups excluding carboxylic acids is 2. The van der Waals surface area contributed by atoms with Gasteiger partial charge in [0.05, 0.1) is 43.2 Å². The first-order valence-electron chi connectivity index (χ1n) is 11.8. The largest absolute Gasteiger partial charge is 0.507 e. The molecule has 2 heterocycles. The van der Waals surface area contributed by atoms with Crippen LogP contribution < -0.4 is 19.1 Å². The number of methoxy groups -OCH3 is 3. The van der Waals surface area contributed by atoms with Crippen LogP contribution in [0.15, 0.2) is 60.2 Å². The molecule has 1 fully saturated rings. The fraction of sp³-hybridized carbons (Fsp3) is 0.207. The topological polar surface area (TPSA) is 98.2 Å². The highest BCUT2D eigenvalue weighted by atomic mass is 32.1. The number of hydrogen-bond donors (Lipinski definition) is 1. The van der Waals surface area contributed by atoms with Crippen molar-refractivity contribution in [2.75, 3.05) is 26.2 Å². The summed E-state index contributed by atoms with van der Waals surface area (Å²) in [6.45, 7) is 3.96. The Labute approximate surface area is 223 Å². The minimum atomic E-state index is -0.945. The van der Waals surface area contributed by atoms with Gasteiger partial charge >= 0.3 is 5.91 Å². The smallest absolute Gasteiger partial charge is 0.301 e. The van der Waals surface area contributed by atoms with Crippen LogP contribution in [0.5, 0.6) is 17.2 Å². The molecule has 0 aliphatic carbocycles. The zero-order valence-electron chi connectivity index (χ0n) is 21.6. The minimum absolute atomic E-state index is 0.0421. The third-order valence-corrected chi connectivity index (χ3v) is 7.56. The van der Waals surface area contributed by atoms with Crippen molar-refractivity contribution in [1.82, 2.24) is 4.98 Å². The van der Waals surface area contributed by atoms with Crippen LogP contribution in [0.3, 0.4) is 0 Å². The molecule has 0 bridgehead atoms. The summed E-state index contributed by atoms with van der Waals surface area (Å²) in [4.78, 5) is 33.2. The van der Waals surface area contributed by atoms with Crippen LogP contribution in [0, 0.1) is 13.8 Å². The summed E-state index contributed by atoms with van der Waals surface area (Å²) < 4.78 is 17.0. The van der Waals surface area contributed by atoms with Crippen molar-refractivity contribution >= 4 is 44.1 Å². The SMILES string of the molecule is COc1ccc(/C(O)=C2\C(=O)C(=O)N(c3nc4c(C)cc(C)cc4s3)C2c2ccc(OC)c(OC)c2)cc1. The number of Topliss-reactive ketones (excluding diaryl/α,β-unsaturated/α-hetero) is 1. The molecule has 0 spiro atoms. The summed E-state index contributed by atoms with van der Waals surface area (Å²) in [5.74, 6) is -0.344. The molecule has 1 aromatic heterocycles. The average molecular weight is 531 g/mol. The molecule has 1 saturated heterocycles. The van der Waals surface area contributed by atoms with Gasteiger partial charge in [-0.3, -0.25) is 14.5 Å². The second kappa shape index (κ2) is 9.83. The molecule has 194 valence electrons. The summed E-state index contributed by atoms with van der Waals surface area (Å²) >= 11 is 1.32. The Bertz CT molecular complexity index is 1610. The second-order valence-corrected chi connectivity index (χ2v) is 9.95. The summed E-state index contributed by atoms with van der Waals surface area (Å²) in [5.41, 5.74) is 3.70. The predicted molar refractivity (Wildman–Crippen MR) is 146 cm³/mol. The number of anilines is 1. The molecule has 8 nitrogen and oxygen atoms in total. The van der Waals surface area contributed by atoms with E-state index in [1.165, 1.54) is 30.5 Å². The zero-order chi connectivity index (χ0) is 27.1. The first-order chi connectivity index (χ1) is 18.3. The van der Waals surface area contributed by atoms with Gasteiger partial charge in [0.2, 0.25) is 0 Å². The van der Waals surface area contributed by atoms with Gasteiger partial charge in [-0.05, 0) is 73.0 Å². The number of benzene rings is 3. The van der Waals surface area contributed by atoms with Crippen molar-refractivity contribution in [3.63, 3.8) is 0 Å². The normalized spacial score (nSPS) is 16.8. The molecule has 4 aromatic rings. The lowest BCUT2D eigenvalue weighted by Gasteiger charge is -2.23. The first kappa shape index (κ1) is 25.3. The summed E-state index contributed by atoms with van der Waals surface area (Å²) in [6.07, 6.45) is 0. The van der Waals surface area contributed by atoms with E-state index in [9.17, 15) is 14.7 Å². The number of ether oxygens (including phenoxy) is 3. The molecule has 1 aliphatic heterocycles. The molecule has 3 aromatic carbocycles. The molecule has 1 aliphatic rings. The Morgan fingerprint density at radius 3 is 2.29 bits per heavy atom. The number of nitrogens with zero attached hydrogens (tertiary/aromatic N) is 2. The Morgan fingerprint density at radius 2 is 1.63 bits per heavy atom. The van der Waals surface area contributed by atoms with Crippen molar-refractivity contribution in [1.29, 1.82) is 0 Å². The Balaban J connectivity index is 1.75. The van der Waals surface area contributed by atoms with E-state index in [0.717, 1.165) is 21.3 Å². The van der Waals surface area contributed by atoms with Gasteiger partial charge in [0, 0.05) is 5.56 Å². The molecule has 1 atom stereocenters. The van der Waals surface area contributed by atoms with Crippen LogP contribution in [-0.4, -0.2) is 43.1 Å². The molecular formula is C29H26N2O6S. The molecule has 38 heavy (non-hydrogen) atoms. The molecular weight excluding hydrogens is 504 g/mol. The number of hydrogen-bond acceptors (Lipinski definition) is 8. The highest BCUT2D eigenvalue weighted by Crippen LogP contribution is 2.46. The molecule has 0 saturated carbocycles. The van der Waals surface area contributed by atoms with Gasteiger partial charge in [-0.2, -0.15) is 0 Å². The van der Waals surface area contributed by atoms with Gasteiger partial charge in [-0.15, -0.1) is 0 Å². The van der Waals surface area contributed by atoms with E-state index in [1.54, 1.807) is 49.6 Å². The van der Waals surface area contributed by atoms with E-state index in [2.05, 4.69) is 0 Å². The monoisotopic (exact) mass is 530 g/mol. The van der Waals surface area contributed by atoms with Crippen molar-refractivity contribution in [3.8, 4) is 17.2 Å². The van der Waals surface area contributed by atoms with Gasteiger partial charge in [0.1, 0.15) is 11.5 Å². The van der Waals surface area contributed by atoms with Crippen LogP contribution >= 0.6 is 11.3 Å². The number of fused-ring (bicyclic) bond motifs is 1. The maximum absolute atomic E-state index is 13.6. The molecule has 5 rings (SSSR count). The highest BCUT2D eigenvalue weighted by Gasteiger charge is 2.48. The van der Waals surface area contributed by atoms with Crippen LogP contribution in [0.4, 0.5) is 5.13 Å². The van der Waals surface area contributed by atoms with Crippen molar-refractivity contribution in [3.05, 3.63) is 82.4 Å². The third kappa shape index (κ3) is 4.14. The highest BCUT2D eigenvalue weighted by molar-refractivity contribution is 7.22. The number of amides is 1. The van der Waals surface area contributed by atoms with Gasteiger partial charge in [0.25, 0.3) is 5.78 Å². The van der Waals surface area contributed by atoms with Crippen LogP contribution in [0.25, 0.3) is 16.0 Å². The maximum atomic E-state index is 13.6. The summed E-state index contributed by atoms with van der Waals surface area (Å²) in [5, 5.41) is 11.7. The number of thiazole rings is 1. The minimum Gasteiger partial charge on any atom is -0.507 e. The summed E-state index contributed by atoms with van der Waals surface area (Å²) in [7, 11) is 4.58. The van der Waals surface area contributed by atoms with E-state index in [-0.39, 0.29) is 11.3 Å². The van der Waals surface area contributed by atoms with E-state index in [0.29, 0.717) is 33.5 Å². The fourth-order valence-corrected chi connectivity index (χ4v) is 5.90. The second-order valence-electron chi connectivity index (χ2n) is 8.94. The van der Waals surface area contributed by atoms with E-state index < -0.39 is 17.7 Å². The Morgan fingerprint density at radius 1 is 0.921 bits per heavy atom. The Kier molecular flexibility index (Phi) is 6.54. The average Bonchev–Trinajstić information content (AvgIpc) is 3.46. The maximum Gasteiger partial charge on any atom is 0.301 e. The van der Waals surface area contributed by atoms with Gasteiger partial charge < -0.3 is 19.3 Å². The predicted octanol–water partition coefficient (Wildman–Crippen LogP) is 5.57. The number of rotatable bonds is 6. The number of aliphatic hydroxyl groups excluding tert-OH is 1. The van der Waals surface area contributed by atoms with E-state index in [4.69, 9.17) is 19.2 Å². The number of ketones is 1. The lowest BCUT2D eigenvalue weighted by Crippen LogP contribution is -2.29. The van der Waals surface area contributed by atoms with Crippen molar-refractivity contribution < 1.29 is 28.9 Å². The summed E-state index contributed by atoms with van der Waals surface area (Å²) in [6, 6.07) is 14.9.